The zero-order valence-corrected chi connectivity index (χ0v) is 29.1. The highest BCUT2D eigenvalue weighted by Gasteiger charge is 2.53. The molecule has 2 heterocycles. The summed E-state index contributed by atoms with van der Waals surface area (Å²) in [4.78, 5) is 37.0. The Morgan fingerprint density at radius 2 is 1.42 bits per heavy atom. The maximum Gasteiger partial charge on any atom is 0.330 e. The van der Waals surface area contributed by atoms with Crippen LogP contribution in [0.4, 0.5) is 0 Å². The van der Waals surface area contributed by atoms with Gasteiger partial charge in [-0.05, 0) is 54.8 Å². The van der Waals surface area contributed by atoms with Gasteiger partial charge in [-0.3, -0.25) is 9.59 Å². The van der Waals surface area contributed by atoms with E-state index in [-0.39, 0.29) is 36.0 Å². The molecule has 0 spiro atoms. The van der Waals surface area contributed by atoms with Gasteiger partial charge < -0.3 is 68.2 Å². The van der Waals surface area contributed by atoms with Crippen molar-refractivity contribution >= 4 is 24.0 Å². The molecule has 0 radical (unpaired) electrons. The normalized spacial score (nSPS) is 28.9. The van der Waals surface area contributed by atoms with E-state index in [1.54, 1.807) is 12.1 Å². The van der Waals surface area contributed by atoms with Gasteiger partial charge in [0.25, 0.3) is 0 Å². The second-order valence-corrected chi connectivity index (χ2v) is 12.0. The predicted molar refractivity (Wildman–Crippen MR) is 176 cm³/mol. The number of aromatic hydroxyl groups is 2. The van der Waals surface area contributed by atoms with Gasteiger partial charge in [0.1, 0.15) is 37.1 Å². The lowest BCUT2D eigenvalue weighted by Crippen LogP contribution is -2.65. The van der Waals surface area contributed by atoms with Gasteiger partial charge in [0.15, 0.2) is 47.8 Å². The Kier molecular flexibility index (Phi) is 14.2. The molecule has 0 unspecified atom stereocenters. The number of hydrogen-bond acceptors (Lipinski definition) is 17. The molecule has 0 aliphatic carbocycles. The number of ether oxygens (including phenoxy) is 9. The van der Waals surface area contributed by atoms with Crippen molar-refractivity contribution in [3.05, 3.63) is 53.6 Å². The smallest absolute Gasteiger partial charge is 0.330 e. The molecule has 0 amide bonds. The van der Waals surface area contributed by atoms with Crippen LogP contribution in [-0.2, 0) is 54.0 Å². The van der Waals surface area contributed by atoms with Gasteiger partial charge in [-0.2, -0.15) is 0 Å². The monoisotopic (exact) mass is 736 g/mol. The highest BCUT2D eigenvalue weighted by atomic mass is 16.8. The summed E-state index contributed by atoms with van der Waals surface area (Å²) >= 11 is 0. The quantitative estimate of drug-likeness (QED) is 0.102. The summed E-state index contributed by atoms with van der Waals surface area (Å²) < 4.78 is 50.1. The van der Waals surface area contributed by atoms with Crippen molar-refractivity contribution in [2.45, 2.75) is 88.6 Å². The van der Waals surface area contributed by atoms with Crippen LogP contribution >= 0.6 is 0 Å². The lowest BCUT2D eigenvalue weighted by molar-refractivity contribution is -0.358. The van der Waals surface area contributed by atoms with Crippen molar-refractivity contribution in [3.8, 4) is 23.0 Å². The first kappa shape index (κ1) is 40.3. The van der Waals surface area contributed by atoms with Crippen LogP contribution in [0.3, 0.4) is 0 Å². The second kappa shape index (κ2) is 18.3. The molecule has 17 heteroatoms. The molecule has 2 fully saturated rings. The van der Waals surface area contributed by atoms with E-state index in [1.807, 2.05) is 0 Å². The summed E-state index contributed by atoms with van der Waals surface area (Å²) in [6, 6.07) is 9.10. The Hall–Kier alpha value is -4.49. The van der Waals surface area contributed by atoms with Gasteiger partial charge in [0.05, 0.1) is 26.9 Å². The number of phenolic OH excluding ortho intramolecular Hbond substituents is 2. The third kappa shape index (κ3) is 10.3. The topological polar surface area (TPSA) is 235 Å². The van der Waals surface area contributed by atoms with Crippen LogP contribution in [0.1, 0.15) is 31.9 Å². The minimum atomic E-state index is -1.71. The van der Waals surface area contributed by atoms with Crippen LogP contribution in [0.15, 0.2) is 42.5 Å². The number of rotatable bonds is 14. The SMILES string of the molecule is COc1cc(/C=C/C(=O)OC[C@H]2O[C@@H](OCCc3ccc(O)c(OC)c3)[C@H](O)[C@@H](O[C@@H]3O[C@@H](C)[C@H](O)[C@@H](O)[C@H]3OC(C)=O)[C@@H]2OC(C)=O)ccc1O. The first-order valence-corrected chi connectivity index (χ1v) is 16.3. The number of aliphatic hydroxyl groups excluding tert-OH is 3. The predicted octanol–water partition coefficient (Wildman–Crippen LogP) is 0.732. The van der Waals surface area contributed by atoms with Gasteiger partial charge in [-0.15, -0.1) is 0 Å². The molecule has 0 bridgehead atoms. The molecule has 10 atom stereocenters. The zero-order valence-electron chi connectivity index (χ0n) is 29.1. The third-order valence-electron chi connectivity index (χ3n) is 8.22. The van der Waals surface area contributed by atoms with E-state index < -0.39 is 85.9 Å². The number of benzene rings is 2. The van der Waals surface area contributed by atoms with E-state index in [9.17, 15) is 39.9 Å². The number of carbonyl (C=O) groups excluding carboxylic acids is 3. The molecule has 286 valence electrons. The molecule has 52 heavy (non-hydrogen) atoms. The highest BCUT2D eigenvalue weighted by Crippen LogP contribution is 2.33. The molecule has 2 aromatic rings. The van der Waals surface area contributed by atoms with Gasteiger partial charge in [0.2, 0.25) is 0 Å². The first-order chi connectivity index (χ1) is 24.7. The summed E-state index contributed by atoms with van der Waals surface area (Å²) in [6.45, 7) is 3.01. The summed E-state index contributed by atoms with van der Waals surface area (Å²) in [5.41, 5.74) is 1.21. The molecule has 0 saturated carbocycles. The van der Waals surface area contributed by atoms with Gasteiger partial charge in [-0.25, -0.2) is 4.79 Å². The Labute approximate surface area is 299 Å². The Morgan fingerprint density at radius 1 is 0.788 bits per heavy atom. The molecule has 5 N–H and O–H groups in total. The molecule has 0 aromatic heterocycles. The maximum absolute atomic E-state index is 12.8. The van der Waals surface area contributed by atoms with Crippen molar-refractivity contribution in [2.75, 3.05) is 27.4 Å². The second-order valence-electron chi connectivity index (χ2n) is 12.0. The number of esters is 3. The first-order valence-electron chi connectivity index (χ1n) is 16.3. The van der Waals surface area contributed by atoms with Crippen LogP contribution in [0.25, 0.3) is 6.08 Å². The lowest BCUT2D eigenvalue weighted by Gasteiger charge is -2.47. The van der Waals surface area contributed by atoms with E-state index in [0.29, 0.717) is 11.1 Å². The molecule has 2 saturated heterocycles. The van der Waals surface area contributed by atoms with Crippen LogP contribution in [0.5, 0.6) is 23.0 Å². The molecular weight excluding hydrogens is 692 g/mol. The van der Waals surface area contributed by atoms with Crippen molar-refractivity contribution in [3.63, 3.8) is 0 Å². The maximum atomic E-state index is 12.8. The van der Waals surface area contributed by atoms with Crippen LogP contribution in [0.2, 0.25) is 0 Å². The van der Waals surface area contributed by atoms with Crippen LogP contribution in [-0.4, -0.2) is 132 Å². The van der Waals surface area contributed by atoms with Gasteiger partial charge >= 0.3 is 17.9 Å². The highest BCUT2D eigenvalue weighted by molar-refractivity contribution is 5.87. The molecule has 4 rings (SSSR count). The van der Waals surface area contributed by atoms with Gasteiger partial charge in [0, 0.05) is 19.9 Å². The van der Waals surface area contributed by atoms with E-state index in [1.165, 1.54) is 51.5 Å². The lowest BCUT2D eigenvalue weighted by atomic mass is 9.96. The average Bonchev–Trinajstić information content (AvgIpc) is 3.10. The van der Waals surface area contributed by atoms with Crippen molar-refractivity contribution < 1.29 is 82.5 Å². The molecular formula is C35H44O17. The molecule has 17 nitrogen and oxygen atoms in total. The van der Waals surface area contributed by atoms with E-state index in [0.717, 1.165) is 19.9 Å². The molecule has 2 aromatic carbocycles. The number of methoxy groups -OCH3 is 2. The fourth-order valence-electron chi connectivity index (χ4n) is 5.58. The number of carbonyl (C=O) groups is 3. The molecule has 2 aliphatic rings. The molecule has 2 aliphatic heterocycles. The standard InChI is InChI=1S/C35H44O17/c1-17-28(41)29(42)33(50-19(3)37)35(48-17)52-32-30(43)34(46-13-12-21-7-10-23(39)25(15-21)45-5)51-26(31(32)49-18(2)36)16-47-27(40)11-8-20-6-9-22(38)24(14-20)44-4/h6-11,14-15,17,26,28-35,38-39,41-43H,12-13,16H2,1-5H3/b11-8+/t17-,26+,28-,29+,30+,31+,32+,33+,34+,35-/m0/s1. The largest absolute Gasteiger partial charge is 0.504 e. The average molecular weight is 737 g/mol. The summed E-state index contributed by atoms with van der Waals surface area (Å²) in [5.74, 6) is -2.22. The van der Waals surface area contributed by atoms with Crippen molar-refractivity contribution in [1.29, 1.82) is 0 Å². The van der Waals surface area contributed by atoms with Gasteiger partial charge in [-0.1, -0.05) is 12.1 Å². The Balaban J connectivity index is 1.58. The fourth-order valence-corrected chi connectivity index (χ4v) is 5.58. The Bertz CT molecular complexity index is 1560. The van der Waals surface area contributed by atoms with E-state index in [2.05, 4.69) is 0 Å². The van der Waals surface area contributed by atoms with Crippen LogP contribution in [0, 0.1) is 0 Å². The van der Waals surface area contributed by atoms with E-state index in [4.69, 9.17) is 42.6 Å². The Morgan fingerprint density at radius 3 is 2.08 bits per heavy atom. The fraction of sp³-hybridized carbons (Fsp3) is 0.514. The number of aliphatic hydroxyl groups is 3. The minimum Gasteiger partial charge on any atom is -0.504 e. The summed E-state index contributed by atoms with van der Waals surface area (Å²) in [7, 11) is 2.77. The third-order valence-corrected chi connectivity index (χ3v) is 8.22. The number of hydrogen-bond donors (Lipinski definition) is 5. The summed E-state index contributed by atoms with van der Waals surface area (Å²) in [6.07, 6.45) is -12.1. The zero-order chi connectivity index (χ0) is 38.1. The van der Waals surface area contributed by atoms with E-state index >= 15 is 0 Å². The van der Waals surface area contributed by atoms with Crippen molar-refractivity contribution in [1.82, 2.24) is 0 Å². The summed E-state index contributed by atoms with van der Waals surface area (Å²) in [5, 5.41) is 52.4. The van der Waals surface area contributed by atoms with Crippen LogP contribution < -0.4 is 9.47 Å². The number of phenols is 2. The van der Waals surface area contributed by atoms with Crippen molar-refractivity contribution in [2.24, 2.45) is 0 Å². The minimum absolute atomic E-state index is 0.0517.